The molecule has 1 aromatic carbocycles. The number of fused-ring (bicyclic) bond motifs is 5. The third-order valence-electron chi connectivity index (χ3n) is 8.10. The Bertz CT molecular complexity index is 1750. The summed E-state index contributed by atoms with van der Waals surface area (Å²) in [6.07, 6.45) is 7.28. The van der Waals surface area contributed by atoms with Crippen molar-refractivity contribution in [3.05, 3.63) is 63.0 Å². The maximum absolute atomic E-state index is 13.9. The van der Waals surface area contributed by atoms with Gasteiger partial charge < -0.3 is 20.4 Å². The number of hydrogen-bond donors (Lipinski definition) is 2. The molecule has 7 rings (SSSR count). The molecular formula is C29H30ClN7O2S. The molecule has 0 radical (unpaired) electrons. The van der Waals surface area contributed by atoms with Crippen LogP contribution in [0.3, 0.4) is 0 Å². The molecule has 0 aliphatic carbocycles. The van der Waals surface area contributed by atoms with Crippen LogP contribution in [0.1, 0.15) is 29.6 Å². The van der Waals surface area contributed by atoms with Crippen molar-refractivity contribution < 1.29 is 4.79 Å². The standard InChI is InChI=1S/C29H30ClN7O2S/c30-19-3-5-23-22(15-19)37-27-20(4-6-24(34-27)36-13-7-18(17-36)21-16-31-8-9-32-21)26(38)25(29(37)40-23)28(39)33-10-14-35-11-1-2-12-35/h3-6,9,15-16,18,31H,1-2,7-8,10-14,17H2,(H,33,39). The first-order chi connectivity index (χ1) is 19.6. The van der Waals surface area contributed by atoms with Gasteiger partial charge in [0.2, 0.25) is 5.43 Å². The Labute approximate surface area is 240 Å². The van der Waals surface area contributed by atoms with Crippen LogP contribution in [0.5, 0.6) is 0 Å². The molecule has 206 valence electrons. The molecule has 40 heavy (non-hydrogen) atoms. The fourth-order valence-electron chi connectivity index (χ4n) is 6.04. The lowest BCUT2D eigenvalue weighted by atomic mass is 10.1. The van der Waals surface area contributed by atoms with Crippen molar-refractivity contribution in [1.29, 1.82) is 0 Å². The highest BCUT2D eigenvalue weighted by Crippen LogP contribution is 2.34. The van der Waals surface area contributed by atoms with E-state index in [9.17, 15) is 9.59 Å². The SMILES string of the molecule is O=C(NCCN1CCCC1)c1c(=O)c2ccc(N3CCC(C4=CNCC=N4)C3)nc2n2c1sc1ccc(Cl)cc12. The summed E-state index contributed by atoms with van der Waals surface area (Å²) in [4.78, 5) is 42.1. The van der Waals surface area contributed by atoms with Gasteiger partial charge in [-0.3, -0.25) is 19.0 Å². The van der Waals surface area contributed by atoms with Gasteiger partial charge >= 0.3 is 0 Å². The lowest BCUT2D eigenvalue weighted by Crippen LogP contribution is -2.35. The van der Waals surface area contributed by atoms with E-state index in [0.29, 0.717) is 33.3 Å². The maximum Gasteiger partial charge on any atom is 0.258 e. The van der Waals surface area contributed by atoms with Gasteiger partial charge in [-0.15, -0.1) is 11.3 Å². The van der Waals surface area contributed by atoms with Crippen molar-refractivity contribution in [3.8, 4) is 0 Å². The van der Waals surface area contributed by atoms with E-state index < -0.39 is 0 Å². The monoisotopic (exact) mass is 575 g/mol. The normalized spacial score (nSPS) is 19.6. The van der Waals surface area contributed by atoms with Gasteiger partial charge in [0.25, 0.3) is 5.91 Å². The number of benzene rings is 1. The van der Waals surface area contributed by atoms with Gasteiger partial charge in [0, 0.05) is 56.1 Å². The summed E-state index contributed by atoms with van der Waals surface area (Å²) < 4.78 is 2.87. The summed E-state index contributed by atoms with van der Waals surface area (Å²) in [6.45, 7) is 5.81. The highest BCUT2D eigenvalue weighted by atomic mass is 35.5. The quantitative estimate of drug-likeness (QED) is 0.362. The number of halogens is 1. The number of amides is 1. The second kappa shape index (κ2) is 10.5. The summed E-state index contributed by atoms with van der Waals surface area (Å²) in [5.41, 5.74) is 2.31. The molecule has 3 aromatic heterocycles. The number of aliphatic imine (C=N–C) groups is 1. The van der Waals surface area contributed by atoms with Crippen molar-refractivity contribution in [1.82, 2.24) is 24.9 Å². The summed E-state index contributed by atoms with van der Waals surface area (Å²) in [5, 5.41) is 7.26. The van der Waals surface area contributed by atoms with Crippen LogP contribution < -0.4 is 21.0 Å². The summed E-state index contributed by atoms with van der Waals surface area (Å²) in [5.74, 6) is 0.778. The summed E-state index contributed by atoms with van der Waals surface area (Å²) >= 11 is 7.83. The number of hydrogen-bond acceptors (Lipinski definition) is 8. The fourth-order valence-corrected chi connectivity index (χ4v) is 7.37. The molecule has 0 spiro atoms. The molecule has 3 aliphatic heterocycles. The van der Waals surface area contributed by atoms with Crippen molar-refractivity contribution in [3.63, 3.8) is 0 Å². The Morgan fingerprint density at radius 3 is 2.88 bits per heavy atom. The minimum atomic E-state index is -0.345. The highest BCUT2D eigenvalue weighted by molar-refractivity contribution is 7.24. The van der Waals surface area contributed by atoms with Crippen molar-refractivity contribution in [2.75, 3.05) is 50.7 Å². The van der Waals surface area contributed by atoms with Crippen molar-refractivity contribution in [2.45, 2.75) is 19.3 Å². The maximum atomic E-state index is 13.9. The number of nitrogens with one attached hydrogen (secondary N) is 2. The number of aromatic nitrogens is 2. The van der Waals surface area contributed by atoms with E-state index in [1.807, 2.05) is 47.1 Å². The van der Waals surface area contributed by atoms with E-state index >= 15 is 0 Å². The van der Waals surface area contributed by atoms with E-state index in [1.54, 1.807) is 0 Å². The van der Waals surface area contributed by atoms with Gasteiger partial charge in [-0.25, -0.2) is 4.98 Å². The number of carbonyl (C=O) groups excluding carboxylic acids is 1. The first-order valence-corrected chi connectivity index (χ1v) is 15.1. The number of rotatable bonds is 6. The van der Waals surface area contributed by atoms with Gasteiger partial charge in [-0.05, 0) is 62.7 Å². The van der Waals surface area contributed by atoms with Crippen LogP contribution in [-0.2, 0) is 0 Å². The molecule has 2 fully saturated rings. The zero-order valence-electron chi connectivity index (χ0n) is 22.0. The zero-order chi connectivity index (χ0) is 27.2. The molecule has 2 N–H and O–H groups in total. The predicted molar refractivity (Wildman–Crippen MR) is 162 cm³/mol. The average molecular weight is 576 g/mol. The molecule has 0 saturated carbocycles. The largest absolute Gasteiger partial charge is 0.384 e. The van der Waals surface area contributed by atoms with Gasteiger partial charge in [0.05, 0.1) is 21.3 Å². The zero-order valence-corrected chi connectivity index (χ0v) is 23.6. The molecule has 3 aliphatic rings. The van der Waals surface area contributed by atoms with Crippen LogP contribution in [0.2, 0.25) is 5.02 Å². The third-order valence-corrected chi connectivity index (χ3v) is 9.48. The molecule has 6 heterocycles. The fraction of sp³-hybridized carbons (Fsp3) is 0.379. The van der Waals surface area contributed by atoms with Crippen LogP contribution >= 0.6 is 22.9 Å². The Kier molecular flexibility index (Phi) is 6.69. The lowest BCUT2D eigenvalue weighted by Gasteiger charge is -2.19. The third kappa shape index (κ3) is 4.53. The molecule has 2 saturated heterocycles. The van der Waals surface area contributed by atoms with Crippen molar-refractivity contribution >= 4 is 67.0 Å². The molecule has 1 unspecified atom stereocenters. The van der Waals surface area contributed by atoms with E-state index in [1.165, 1.54) is 24.2 Å². The second-order valence-corrected chi connectivity index (χ2v) is 12.1. The number of thiazole rings is 1. The Morgan fingerprint density at radius 1 is 1.18 bits per heavy atom. The van der Waals surface area contributed by atoms with Gasteiger partial charge in [-0.2, -0.15) is 0 Å². The van der Waals surface area contributed by atoms with E-state index in [-0.39, 0.29) is 16.9 Å². The number of nitrogens with zero attached hydrogens (tertiary/aromatic N) is 5. The molecular weight excluding hydrogens is 546 g/mol. The molecule has 1 atom stereocenters. The van der Waals surface area contributed by atoms with Crippen LogP contribution in [0, 0.1) is 5.92 Å². The molecule has 1 amide bonds. The van der Waals surface area contributed by atoms with Crippen LogP contribution in [0.25, 0.3) is 26.1 Å². The second-order valence-electron chi connectivity index (χ2n) is 10.6. The number of carbonyl (C=O) groups is 1. The number of pyridine rings is 2. The highest BCUT2D eigenvalue weighted by Gasteiger charge is 2.28. The molecule has 9 nitrogen and oxygen atoms in total. The number of anilines is 1. The molecule has 11 heteroatoms. The van der Waals surface area contributed by atoms with Crippen LogP contribution in [0.4, 0.5) is 5.82 Å². The molecule has 0 bridgehead atoms. The first kappa shape index (κ1) is 25.5. The van der Waals surface area contributed by atoms with Gasteiger partial charge in [0.1, 0.15) is 16.2 Å². The summed E-state index contributed by atoms with van der Waals surface area (Å²) in [7, 11) is 0. The lowest BCUT2D eigenvalue weighted by molar-refractivity contribution is 0.0950. The first-order valence-electron chi connectivity index (χ1n) is 13.9. The minimum Gasteiger partial charge on any atom is -0.384 e. The van der Waals surface area contributed by atoms with E-state index in [0.717, 1.165) is 67.4 Å². The predicted octanol–water partition coefficient (Wildman–Crippen LogP) is 3.88. The Hall–Kier alpha value is -3.47. The topological polar surface area (TPSA) is 94.3 Å². The van der Waals surface area contributed by atoms with Crippen molar-refractivity contribution in [2.24, 2.45) is 10.9 Å². The molecule has 4 aromatic rings. The smallest absolute Gasteiger partial charge is 0.258 e. The van der Waals surface area contributed by atoms with Gasteiger partial charge in [0.15, 0.2) is 5.65 Å². The Morgan fingerprint density at radius 2 is 2.05 bits per heavy atom. The van der Waals surface area contributed by atoms with Crippen LogP contribution in [-0.4, -0.2) is 72.2 Å². The Balaban J connectivity index is 1.30. The van der Waals surface area contributed by atoms with E-state index in [2.05, 4.69) is 25.4 Å². The average Bonchev–Trinajstić information content (AvgIpc) is 3.74. The minimum absolute atomic E-state index is 0.164. The van der Waals surface area contributed by atoms with Gasteiger partial charge in [-0.1, -0.05) is 11.6 Å². The van der Waals surface area contributed by atoms with Crippen LogP contribution in [0.15, 0.2) is 52.0 Å². The summed E-state index contributed by atoms with van der Waals surface area (Å²) in [6, 6.07) is 9.35. The van der Waals surface area contributed by atoms with E-state index in [4.69, 9.17) is 16.6 Å². The number of likely N-dealkylation sites (tertiary alicyclic amines) is 1.